The molecular formula is C22H21F3N8O3. The fourth-order valence-corrected chi connectivity index (χ4v) is 3.65. The summed E-state index contributed by atoms with van der Waals surface area (Å²) < 4.78 is 46.3. The van der Waals surface area contributed by atoms with Gasteiger partial charge < -0.3 is 20.1 Å². The molecule has 14 heteroatoms. The number of benzene rings is 1. The van der Waals surface area contributed by atoms with Crippen molar-refractivity contribution >= 4 is 17.5 Å². The Morgan fingerprint density at radius 2 is 2.19 bits per heavy atom. The number of rotatable bonds is 8. The first-order chi connectivity index (χ1) is 17.4. The van der Waals surface area contributed by atoms with E-state index in [1.165, 1.54) is 29.6 Å². The molecule has 1 saturated heterocycles. The molecule has 3 aromatic rings. The van der Waals surface area contributed by atoms with Crippen molar-refractivity contribution in [2.45, 2.75) is 31.7 Å². The summed E-state index contributed by atoms with van der Waals surface area (Å²) in [5.41, 5.74) is 0.833. The van der Waals surface area contributed by atoms with Crippen LogP contribution in [0.4, 0.5) is 24.8 Å². The molecule has 0 spiro atoms. The predicted octanol–water partition coefficient (Wildman–Crippen LogP) is 2.45. The molecule has 1 fully saturated rings. The van der Waals surface area contributed by atoms with E-state index in [0.717, 1.165) is 6.20 Å². The summed E-state index contributed by atoms with van der Waals surface area (Å²) in [5.74, 6) is 0.136. The van der Waals surface area contributed by atoms with Gasteiger partial charge in [0.25, 0.3) is 0 Å². The first kappa shape index (κ1) is 24.9. The van der Waals surface area contributed by atoms with E-state index in [4.69, 9.17) is 9.84 Å². The zero-order valence-electron chi connectivity index (χ0n) is 18.8. The minimum absolute atomic E-state index is 0.0636. The van der Waals surface area contributed by atoms with Crippen molar-refractivity contribution in [1.82, 2.24) is 29.6 Å². The Labute approximate surface area is 203 Å². The van der Waals surface area contributed by atoms with Crippen LogP contribution < -0.4 is 10.1 Å². The highest BCUT2D eigenvalue weighted by Crippen LogP contribution is 2.28. The molecule has 11 nitrogen and oxygen atoms in total. The van der Waals surface area contributed by atoms with Crippen molar-refractivity contribution in [3.05, 3.63) is 42.5 Å². The first-order valence-electron chi connectivity index (χ1n) is 10.9. The van der Waals surface area contributed by atoms with E-state index in [0.29, 0.717) is 10.2 Å². The molecule has 2 N–H and O–H groups in total. The average Bonchev–Trinajstić information content (AvgIpc) is 3.34. The minimum atomic E-state index is -2.78. The number of ether oxygens (including phenoxy) is 1. The molecule has 1 aliphatic rings. The zero-order chi connectivity index (χ0) is 25.7. The third kappa shape index (κ3) is 5.69. The van der Waals surface area contributed by atoms with Crippen molar-refractivity contribution in [1.29, 1.82) is 5.26 Å². The van der Waals surface area contributed by atoms with Gasteiger partial charge in [0.05, 0.1) is 36.8 Å². The zero-order valence-corrected chi connectivity index (χ0v) is 18.8. The number of nitrogens with one attached hydrogen (secondary N) is 1. The third-order valence-corrected chi connectivity index (χ3v) is 5.43. The number of aliphatic hydroxyl groups excluding tert-OH is 1. The van der Waals surface area contributed by atoms with Crippen molar-refractivity contribution in [2.24, 2.45) is 0 Å². The van der Waals surface area contributed by atoms with E-state index in [9.17, 15) is 23.2 Å². The van der Waals surface area contributed by atoms with Gasteiger partial charge in [-0.1, -0.05) is 0 Å². The second kappa shape index (κ2) is 11.0. The van der Waals surface area contributed by atoms with Crippen LogP contribution in [0.25, 0.3) is 11.4 Å². The summed E-state index contributed by atoms with van der Waals surface area (Å²) in [7, 11) is 0. The molecule has 0 saturated carbocycles. The lowest BCUT2D eigenvalue weighted by atomic mass is 10.0. The number of piperidine rings is 1. The molecule has 36 heavy (non-hydrogen) atoms. The summed E-state index contributed by atoms with van der Waals surface area (Å²) in [5, 5.41) is 24.8. The molecule has 0 aliphatic carbocycles. The lowest BCUT2D eigenvalue weighted by Crippen LogP contribution is -2.49. The molecule has 188 valence electrons. The van der Waals surface area contributed by atoms with Gasteiger partial charge in [0.2, 0.25) is 11.9 Å². The number of hydrogen-bond donors (Lipinski definition) is 2. The van der Waals surface area contributed by atoms with Crippen LogP contribution in [0.3, 0.4) is 0 Å². The van der Waals surface area contributed by atoms with E-state index < -0.39 is 18.8 Å². The summed E-state index contributed by atoms with van der Waals surface area (Å²) in [6, 6.07) is 6.60. The SMILES string of the molecule is N#Cc1cc(-c2ncnc(Nc3cnn(C(F)F)c3)n2)ccc1OC1CCN(C(=O)CCO)CC1F. The number of carbonyl (C=O) groups is 1. The van der Waals surface area contributed by atoms with Gasteiger partial charge in [0.15, 0.2) is 12.0 Å². The van der Waals surface area contributed by atoms with E-state index in [2.05, 4.69) is 25.4 Å². The lowest BCUT2D eigenvalue weighted by Gasteiger charge is -2.34. The molecule has 3 heterocycles. The monoisotopic (exact) mass is 502 g/mol. The summed E-state index contributed by atoms with van der Waals surface area (Å²) >= 11 is 0. The molecule has 0 bridgehead atoms. The highest BCUT2D eigenvalue weighted by molar-refractivity contribution is 5.76. The number of aromatic nitrogens is 5. The predicted molar refractivity (Wildman–Crippen MR) is 119 cm³/mol. The molecular weight excluding hydrogens is 481 g/mol. The first-order valence-corrected chi connectivity index (χ1v) is 10.9. The second-order valence-corrected chi connectivity index (χ2v) is 7.84. The number of alkyl halides is 3. The van der Waals surface area contributed by atoms with Crippen LogP contribution in [0.5, 0.6) is 5.75 Å². The number of amides is 1. The number of anilines is 2. The largest absolute Gasteiger partial charge is 0.486 e. The lowest BCUT2D eigenvalue weighted by molar-refractivity contribution is -0.135. The maximum Gasteiger partial charge on any atom is 0.333 e. The van der Waals surface area contributed by atoms with Gasteiger partial charge >= 0.3 is 6.55 Å². The number of likely N-dealkylation sites (tertiary alicyclic amines) is 1. The Morgan fingerprint density at radius 3 is 2.89 bits per heavy atom. The van der Waals surface area contributed by atoms with Crippen LogP contribution >= 0.6 is 0 Å². The maximum absolute atomic E-state index is 14.7. The average molecular weight is 502 g/mol. The molecule has 4 rings (SSSR count). The molecule has 2 unspecified atom stereocenters. The third-order valence-electron chi connectivity index (χ3n) is 5.43. The van der Waals surface area contributed by atoms with Gasteiger partial charge in [-0.2, -0.15) is 24.1 Å². The standard InChI is InChI=1S/C22H21F3N8O3/c23-16-11-32(19(35)4-6-34)5-3-18(16)36-17-2-1-13(7-14(17)8-26)20-27-12-28-22(31-20)30-15-9-29-33(10-15)21(24)25/h1-2,7,9-10,12,16,18,21,34H,3-6,11H2,(H,27,28,30,31). The number of hydrogen-bond acceptors (Lipinski definition) is 9. The molecule has 1 aromatic carbocycles. The summed E-state index contributed by atoms with van der Waals surface area (Å²) in [6.07, 6.45) is 1.38. The quantitative estimate of drug-likeness (QED) is 0.475. The van der Waals surface area contributed by atoms with Crippen molar-refractivity contribution in [3.8, 4) is 23.2 Å². The fourth-order valence-electron chi connectivity index (χ4n) is 3.65. The van der Waals surface area contributed by atoms with Crippen molar-refractivity contribution < 1.29 is 27.8 Å². The Hall–Kier alpha value is -4.25. The van der Waals surface area contributed by atoms with Gasteiger partial charge in [-0.05, 0) is 18.2 Å². The van der Waals surface area contributed by atoms with Gasteiger partial charge in [0, 0.05) is 24.9 Å². The topological polar surface area (TPSA) is 142 Å². The van der Waals surface area contributed by atoms with Crippen LogP contribution in [0.1, 0.15) is 25.0 Å². The van der Waals surface area contributed by atoms with Crippen LogP contribution in [0.2, 0.25) is 0 Å². The van der Waals surface area contributed by atoms with Crippen molar-refractivity contribution in [3.63, 3.8) is 0 Å². The Morgan fingerprint density at radius 1 is 1.36 bits per heavy atom. The smallest absolute Gasteiger partial charge is 0.333 e. The number of carbonyl (C=O) groups excluding carboxylic acids is 1. The maximum atomic E-state index is 14.7. The van der Waals surface area contributed by atoms with Gasteiger partial charge in [-0.3, -0.25) is 4.79 Å². The number of nitrogens with zero attached hydrogens (tertiary/aromatic N) is 7. The Balaban J connectivity index is 1.46. The Kier molecular flexibility index (Phi) is 7.59. The normalized spacial score (nSPS) is 17.6. The summed E-state index contributed by atoms with van der Waals surface area (Å²) in [6.45, 7) is -2.96. The van der Waals surface area contributed by atoms with Gasteiger partial charge in [-0.15, -0.1) is 0 Å². The van der Waals surface area contributed by atoms with Gasteiger partial charge in [0.1, 0.15) is 24.3 Å². The molecule has 1 amide bonds. The van der Waals surface area contributed by atoms with Crippen molar-refractivity contribution in [2.75, 3.05) is 25.0 Å². The molecule has 0 radical (unpaired) electrons. The fraction of sp³-hybridized carbons (Fsp3) is 0.364. The number of halogens is 3. The Bertz CT molecular complexity index is 1270. The number of aliphatic hydroxyl groups is 1. The van der Waals surface area contributed by atoms with Crippen LogP contribution in [0, 0.1) is 11.3 Å². The van der Waals surface area contributed by atoms with E-state index in [1.807, 2.05) is 6.07 Å². The van der Waals surface area contributed by atoms with E-state index in [-0.39, 0.29) is 67.2 Å². The highest BCUT2D eigenvalue weighted by Gasteiger charge is 2.33. The highest BCUT2D eigenvalue weighted by atomic mass is 19.3. The van der Waals surface area contributed by atoms with E-state index >= 15 is 0 Å². The van der Waals surface area contributed by atoms with Gasteiger partial charge in [-0.25, -0.2) is 19.0 Å². The minimum Gasteiger partial charge on any atom is -0.486 e. The molecule has 2 aromatic heterocycles. The summed E-state index contributed by atoms with van der Waals surface area (Å²) in [4.78, 5) is 25.5. The van der Waals surface area contributed by atoms with Crippen LogP contribution in [-0.2, 0) is 4.79 Å². The molecule has 1 aliphatic heterocycles. The molecule has 2 atom stereocenters. The van der Waals surface area contributed by atoms with Crippen LogP contribution in [0.15, 0.2) is 36.9 Å². The van der Waals surface area contributed by atoms with E-state index in [1.54, 1.807) is 6.07 Å². The second-order valence-electron chi connectivity index (χ2n) is 7.84. The van der Waals surface area contributed by atoms with Crippen LogP contribution in [-0.4, -0.2) is 72.6 Å². The number of nitriles is 1.